The Kier molecular flexibility index (Phi) is 3.33. The minimum Gasteiger partial charge on any atom is -0.390 e. The maximum atomic E-state index is 10.0. The minimum atomic E-state index is -0.402. The Bertz CT molecular complexity index is 149. The van der Waals surface area contributed by atoms with Crippen molar-refractivity contribution in [1.29, 1.82) is 0 Å². The Labute approximate surface area is 75.5 Å². The molecule has 0 radical (unpaired) electrons. The summed E-state index contributed by atoms with van der Waals surface area (Å²) in [6.45, 7) is 5.70. The summed E-state index contributed by atoms with van der Waals surface area (Å²) in [5, 5.41) is 10.0. The van der Waals surface area contributed by atoms with Gasteiger partial charge in [-0.1, -0.05) is 18.9 Å². The summed E-state index contributed by atoms with van der Waals surface area (Å²) in [6.07, 6.45) is 8.76. The number of hydrogen-bond donors (Lipinski definition) is 1. The zero-order valence-electron chi connectivity index (χ0n) is 8.05. The minimum absolute atomic E-state index is 0.402. The van der Waals surface area contributed by atoms with Crippen molar-refractivity contribution in [2.24, 2.45) is 5.92 Å². The highest BCUT2D eigenvalue weighted by molar-refractivity contribution is 4.87. The van der Waals surface area contributed by atoms with Crippen LogP contribution in [-0.4, -0.2) is 10.7 Å². The SMILES string of the molecule is C=CCCC1CCCCC1(C)O. The fourth-order valence-electron chi connectivity index (χ4n) is 2.16. The van der Waals surface area contributed by atoms with Gasteiger partial charge in [0.1, 0.15) is 0 Å². The van der Waals surface area contributed by atoms with Gasteiger partial charge in [-0.05, 0) is 38.5 Å². The molecule has 0 amide bonds. The van der Waals surface area contributed by atoms with Crippen molar-refractivity contribution < 1.29 is 5.11 Å². The van der Waals surface area contributed by atoms with Crippen LogP contribution in [0.4, 0.5) is 0 Å². The van der Waals surface area contributed by atoms with Crippen LogP contribution in [0.5, 0.6) is 0 Å². The lowest BCUT2D eigenvalue weighted by molar-refractivity contribution is -0.0344. The standard InChI is InChI=1S/C11H20O/c1-3-4-7-10-8-5-6-9-11(10,2)12/h3,10,12H,1,4-9H2,2H3. The van der Waals surface area contributed by atoms with E-state index in [4.69, 9.17) is 0 Å². The molecule has 0 aliphatic heterocycles. The fourth-order valence-corrected chi connectivity index (χ4v) is 2.16. The van der Waals surface area contributed by atoms with E-state index in [-0.39, 0.29) is 0 Å². The van der Waals surface area contributed by atoms with Gasteiger partial charge in [0.05, 0.1) is 5.60 Å². The van der Waals surface area contributed by atoms with E-state index in [1.165, 1.54) is 19.3 Å². The molecule has 0 spiro atoms. The first-order chi connectivity index (χ1) is 5.67. The van der Waals surface area contributed by atoms with Crippen LogP contribution in [-0.2, 0) is 0 Å². The van der Waals surface area contributed by atoms with Gasteiger partial charge < -0.3 is 5.11 Å². The summed E-state index contributed by atoms with van der Waals surface area (Å²) < 4.78 is 0. The van der Waals surface area contributed by atoms with Gasteiger partial charge in [0.2, 0.25) is 0 Å². The van der Waals surface area contributed by atoms with Crippen LogP contribution < -0.4 is 0 Å². The third-order valence-corrected chi connectivity index (χ3v) is 3.08. The van der Waals surface area contributed by atoms with Gasteiger partial charge in [-0.2, -0.15) is 0 Å². The summed E-state index contributed by atoms with van der Waals surface area (Å²) in [5.41, 5.74) is -0.402. The van der Waals surface area contributed by atoms with Crippen LogP contribution in [0.25, 0.3) is 0 Å². The maximum Gasteiger partial charge on any atom is 0.0647 e. The Balaban J connectivity index is 2.42. The lowest BCUT2D eigenvalue weighted by Gasteiger charge is -2.37. The Morgan fingerprint density at radius 1 is 1.58 bits per heavy atom. The Morgan fingerprint density at radius 2 is 2.33 bits per heavy atom. The van der Waals surface area contributed by atoms with Crippen molar-refractivity contribution >= 4 is 0 Å². The molecule has 0 aromatic heterocycles. The van der Waals surface area contributed by atoms with Gasteiger partial charge in [-0.25, -0.2) is 0 Å². The summed E-state index contributed by atoms with van der Waals surface area (Å²) in [7, 11) is 0. The molecule has 1 rings (SSSR count). The number of allylic oxidation sites excluding steroid dienone is 1. The predicted octanol–water partition coefficient (Wildman–Crippen LogP) is 2.89. The number of hydrogen-bond acceptors (Lipinski definition) is 1. The molecule has 1 N–H and O–H groups in total. The first-order valence-corrected chi connectivity index (χ1v) is 5.00. The van der Waals surface area contributed by atoms with E-state index in [1.807, 2.05) is 13.0 Å². The molecule has 0 aromatic carbocycles. The van der Waals surface area contributed by atoms with Crippen molar-refractivity contribution in [3.05, 3.63) is 12.7 Å². The van der Waals surface area contributed by atoms with Crippen LogP contribution in [0.2, 0.25) is 0 Å². The second-order valence-electron chi connectivity index (χ2n) is 4.17. The molecule has 1 nitrogen and oxygen atoms in total. The lowest BCUT2D eigenvalue weighted by atomic mass is 9.74. The monoisotopic (exact) mass is 168 g/mol. The molecular formula is C11H20O. The van der Waals surface area contributed by atoms with E-state index in [0.29, 0.717) is 5.92 Å². The third-order valence-electron chi connectivity index (χ3n) is 3.08. The molecule has 0 saturated heterocycles. The number of rotatable bonds is 3. The van der Waals surface area contributed by atoms with E-state index >= 15 is 0 Å². The topological polar surface area (TPSA) is 20.2 Å². The van der Waals surface area contributed by atoms with Gasteiger partial charge in [-0.15, -0.1) is 6.58 Å². The van der Waals surface area contributed by atoms with Crippen molar-refractivity contribution in [3.63, 3.8) is 0 Å². The summed E-state index contributed by atoms with van der Waals surface area (Å²) in [5.74, 6) is 0.504. The zero-order chi connectivity index (χ0) is 9.03. The molecule has 0 bridgehead atoms. The summed E-state index contributed by atoms with van der Waals surface area (Å²) in [6, 6.07) is 0. The van der Waals surface area contributed by atoms with Crippen LogP contribution >= 0.6 is 0 Å². The second kappa shape index (κ2) is 4.08. The highest BCUT2D eigenvalue weighted by atomic mass is 16.3. The molecule has 2 atom stereocenters. The Hall–Kier alpha value is -0.300. The van der Waals surface area contributed by atoms with Crippen LogP contribution in [0, 0.1) is 5.92 Å². The van der Waals surface area contributed by atoms with Crippen molar-refractivity contribution in [2.45, 2.75) is 51.0 Å². The first-order valence-electron chi connectivity index (χ1n) is 5.00. The van der Waals surface area contributed by atoms with E-state index in [0.717, 1.165) is 19.3 Å². The smallest absolute Gasteiger partial charge is 0.0647 e. The molecular weight excluding hydrogens is 148 g/mol. The van der Waals surface area contributed by atoms with E-state index in [2.05, 4.69) is 6.58 Å². The molecule has 0 heterocycles. The molecule has 1 saturated carbocycles. The Morgan fingerprint density at radius 3 is 2.92 bits per heavy atom. The average Bonchev–Trinajstić information content (AvgIpc) is 2.02. The molecule has 12 heavy (non-hydrogen) atoms. The predicted molar refractivity (Wildman–Crippen MR) is 52.0 cm³/mol. The lowest BCUT2D eigenvalue weighted by Crippen LogP contribution is -2.37. The largest absolute Gasteiger partial charge is 0.390 e. The quantitative estimate of drug-likeness (QED) is 0.642. The average molecular weight is 168 g/mol. The summed E-state index contributed by atoms with van der Waals surface area (Å²) in [4.78, 5) is 0. The zero-order valence-corrected chi connectivity index (χ0v) is 8.05. The van der Waals surface area contributed by atoms with Crippen molar-refractivity contribution in [1.82, 2.24) is 0 Å². The van der Waals surface area contributed by atoms with Crippen molar-refractivity contribution in [3.8, 4) is 0 Å². The molecule has 2 unspecified atom stereocenters. The van der Waals surface area contributed by atoms with E-state index in [1.54, 1.807) is 0 Å². The van der Waals surface area contributed by atoms with Crippen LogP contribution in [0.3, 0.4) is 0 Å². The van der Waals surface area contributed by atoms with Gasteiger partial charge >= 0.3 is 0 Å². The van der Waals surface area contributed by atoms with E-state index in [9.17, 15) is 5.11 Å². The molecule has 1 fully saturated rings. The van der Waals surface area contributed by atoms with Crippen molar-refractivity contribution in [2.75, 3.05) is 0 Å². The molecule has 1 heteroatoms. The normalized spacial score (nSPS) is 36.3. The van der Waals surface area contributed by atoms with Gasteiger partial charge in [0.25, 0.3) is 0 Å². The highest BCUT2D eigenvalue weighted by Gasteiger charge is 2.33. The molecule has 0 aromatic rings. The maximum absolute atomic E-state index is 10.0. The van der Waals surface area contributed by atoms with Gasteiger partial charge in [-0.3, -0.25) is 0 Å². The first kappa shape index (κ1) is 9.79. The van der Waals surface area contributed by atoms with Crippen LogP contribution in [0.15, 0.2) is 12.7 Å². The number of aliphatic hydroxyl groups is 1. The molecule has 1 aliphatic rings. The highest BCUT2D eigenvalue weighted by Crippen LogP contribution is 2.36. The summed E-state index contributed by atoms with van der Waals surface area (Å²) >= 11 is 0. The fraction of sp³-hybridized carbons (Fsp3) is 0.818. The third kappa shape index (κ3) is 2.34. The molecule has 70 valence electrons. The van der Waals surface area contributed by atoms with Crippen LogP contribution in [0.1, 0.15) is 45.4 Å². The van der Waals surface area contributed by atoms with Gasteiger partial charge in [0.15, 0.2) is 0 Å². The second-order valence-corrected chi connectivity index (χ2v) is 4.17. The van der Waals surface area contributed by atoms with E-state index < -0.39 is 5.60 Å². The van der Waals surface area contributed by atoms with Gasteiger partial charge in [0, 0.05) is 0 Å². The molecule has 1 aliphatic carbocycles.